The van der Waals surface area contributed by atoms with Gasteiger partial charge in [-0.25, -0.2) is 8.42 Å². The zero-order valence-electron chi connectivity index (χ0n) is 11.3. The van der Waals surface area contributed by atoms with Gasteiger partial charge in [-0.05, 0) is 43.4 Å². The Balaban J connectivity index is 1.97. The molecule has 104 valence electrons. The summed E-state index contributed by atoms with van der Waals surface area (Å²) in [6.07, 6.45) is 0.884. The molecule has 0 aromatic heterocycles. The maximum absolute atomic E-state index is 11.9. The molecule has 1 aromatic carbocycles. The molecule has 1 heterocycles. The lowest BCUT2D eigenvalue weighted by Crippen LogP contribution is -2.18. The first kappa shape index (κ1) is 14.1. The van der Waals surface area contributed by atoms with E-state index in [0.717, 1.165) is 16.8 Å². The van der Waals surface area contributed by atoms with Crippen LogP contribution >= 0.6 is 0 Å². The van der Waals surface area contributed by atoms with Crippen molar-refractivity contribution < 1.29 is 13.2 Å². The highest BCUT2D eigenvalue weighted by Gasteiger charge is 2.29. The molecule has 5 heteroatoms. The number of nitrogens with one attached hydrogen (secondary N) is 1. The second-order valence-corrected chi connectivity index (χ2v) is 7.57. The van der Waals surface area contributed by atoms with Crippen LogP contribution in [0.4, 0.5) is 5.69 Å². The number of carbonyl (C=O) groups excluding carboxylic acids is 1. The Hall–Kier alpha value is -1.36. The van der Waals surface area contributed by atoms with E-state index in [4.69, 9.17) is 0 Å². The summed E-state index contributed by atoms with van der Waals surface area (Å²) in [7, 11) is -2.91. The molecular weight excluding hydrogens is 262 g/mol. The van der Waals surface area contributed by atoms with Crippen LogP contribution in [0.5, 0.6) is 0 Å². The molecule has 1 fully saturated rings. The summed E-state index contributed by atoms with van der Waals surface area (Å²) >= 11 is 0. The number of hydrogen-bond donors (Lipinski definition) is 1. The molecule has 0 saturated carbocycles. The molecule has 0 bridgehead atoms. The van der Waals surface area contributed by atoms with Crippen molar-refractivity contribution in [2.75, 3.05) is 16.8 Å². The van der Waals surface area contributed by atoms with Crippen LogP contribution in [0.3, 0.4) is 0 Å². The van der Waals surface area contributed by atoms with Crippen molar-refractivity contribution in [3.8, 4) is 0 Å². The summed E-state index contributed by atoms with van der Waals surface area (Å²) in [5, 5.41) is 2.87. The van der Waals surface area contributed by atoms with Crippen LogP contribution in [0.15, 0.2) is 18.2 Å². The van der Waals surface area contributed by atoms with E-state index in [1.807, 2.05) is 32.0 Å². The van der Waals surface area contributed by atoms with Crippen molar-refractivity contribution in [2.24, 2.45) is 5.92 Å². The Labute approximate surface area is 114 Å². The van der Waals surface area contributed by atoms with Gasteiger partial charge in [-0.15, -0.1) is 0 Å². The van der Waals surface area contributed by atoms with Crippen LogP contribution in [-0.2, 0) is 14.6 Å². The predicted molar refractivity (Wildman–Crippen MR) is 75.9 cm³/mol. The Morgan fingerprint density at radius 1 is 1.37 bits per heavy atom. The summed E-state index contributed by atoms with van der Waals surface area (Å²) in [5.41, 5.74) is 2.91. The molecule has 4 nitrogen and oxygen atoms in total. The second-order valence-electron chi connectivity index (χ2n) is 5.34. The van der Waals surface area contributed by atoms with E-state index in [-0.39, 0.29) is 29.8 Å². The van der Waals surface area contributed by atoms with Crippen molar-refractivity contribution in [2.45, 2.75) is 26.7 Å². The number of anilines is 1. The molecule has 19 heavy (non-hydrogen) atoms. The number of aryl methyl sites for hydroxylation is 2. The summed E-state index contributed by atoms with van der Waals surface area (Å²) in [6.45, 7) is 3.91. The molecule has 1 aromatic rings. The lowest BCUT2D eigenvalue weighted by Gasteiger charge is -2.11. The minimum atomic E-state index is -2.91. The van der Waals surface area contributed by atoms with E-state index in [1.54, 1.807) is 0 Å². The monoisotopic (exact) mass is 281 g/mol. The van der Waals surface area contributed by atoms with E-state index >= 15 is 0 Å². The van der Waals surface area contributed by atoms with E-state index in [0.29, 0.717) is 6.42 Å². The highest BCUT2D eigenvalue weighted by atomic mass is 32.2. The molecule has 1 amide bonds. The van der Waals surface area contributed by atoms with Gasteiger partial charge in [0.25, 0.3) is 0 Å². The van der Waals surface area contributed by atoms with Crippen LogP contribution < -0.4 is 5.32 Å². The van der Waals surface area contributed by atoms with Crippen LogP contribution in [0.2, 0.25) is 0 Å². The maximum Gasteiger partial charge on any atom is 0.224 e. The Morgan fingerprint density at radius 2 is 2.11 bits per heavy atom. The van der Waals surface area contributed by atoms with Gasteiger partial charge < -0.3 is 5.32 Å². The molecule has 1 aliphatic rings. The molecule has 1 aliphatic heterocycles. The zero-order valence-corrected chi connectivity index (χ0v) is 12.1. The first-order valence-corrected chi connectivity index (χ1v) is 8.25. The van der Waals surface area contributed by atoms with E-state index < -0.39 is 9.84 Å². The first-order chi connectivity index (χ1) is 8.85. The summed E-state index contributed by atoms with van der Waals surface area (Å²) in [4.78, 5) is 11.9. The normalized spacial score (nSPS) is 21.3. The second kappa shape index (κ2) is 5.33. The van der Waals surface area contributed by atoms with Gasteiger partial charge in [0.05, 0.1) is 11.5 Å². The standard InChI is InChI=1S/C14H19NO3S/c1-10-3-4-11(2)13(7-10)15-14(16)8-12-5-6-19(17,18)9-12/h3-4,7,12H,5-6,8-9H2,1-2H3,(H,15,16)/t12-/m0/s1. The number of carbonyl (C=O) groups is 1. The van der Waals surface area contributed by atoms with E-state index in [9.17, 15) is 13.2 Å². The summed E-state index contributed by atoms with van der Waals surface area (Å²) < 4.78 is 22.7. The minimum absolute atomic E-state index is 0.0323. The quantitative estimate of drug-likeness (QED) is 0.922. The fraction of sp³-hybridized carbons (Fsp3) is 0.500. The van der Waals surface area contributed by atoms with Gasteiger partial charge in [0.2, 0.25) is 5.91 Å². The number of rotatable bonds is 3. The van der Waals surface area contributed by atoms with Gasteiger partial charge in [-0.3, -0.25) is 4.79 Å². The first-order valence-electron chi connectivity index (χ1n) is 6.43. The average molecular weight is 281 g/mol. The van der Waals surface area contributed by atoms with Gasteiger partial charge in [-0.2, -0.15) is 0 Å². The van der Waals surface area contributed by atoms with Gasteiger partial charge in [-0.1, -0.05) is 12.1 Å². The Bertz CT molecular complexity index is 593. The maximum atomic E-state index is 11.9. The molecule has 1 atom stereocenters. The SMILES string of the molecule is Cc1ccc(C)c(NC(=O)C[C@@H]2CCS(=O)(=O)C2)c1. The summed E-state index contributed by atoms with van der Waals surface area (Å²) in [6, 6.07) is 5.89. The Morgan fingerprint density at radius 3 is 2.74 bits per heavy atom. The molecule has 1 saturated heterocycles. The topological polar surface area (TPSA) is 63.2 Å². The van der Waals surface area contributed by atoms with Crippen LogP contribution in [-0.4, -0.2) is 25.8 Å². The van der Waals surface area contributed by atoms with Crippen molar-refractivity contribution in [1.29, 1.82) is 0 Å². The largest absolute Gasteiger partial charge is 0.326 e. The lowest BCUT2D eigenvalue weighted by atomic mass is 10.0. The van der Waals surface area contributed by atoms with Crippen LogP contribution in [0, 0.1) is 19.8 Å². The molecular formula is C14H19NO3S. The predicted octanol–water partition coefficient (Wildman–Crippen LogP) is 2.07. The van der Waals surface area contributed by atoms with Gasteiger partial charge in [0, 0.05) is 12.1 Å². The lowest BCUT2D eigenvalue weighted by molar-refractivity contribution is -0.116. The van der Waals surface area contributed by atoms with Gasteiger partial charge in [0.15, 0.2) is 9.84 Å². The third kappa shape index (κ3) is 3.80. The highest BCUT2D eigenvalue weighted by molar-refractivity contribution is 7.91. The molecule has 0 radical (unpaired) electrons. The third-order valence-corrected chi connectivity index (χ3v) is 5.30. The molecule has 1 N–H and O–H groups in total. The van der Waals surface area contributed by atoms with Gasteiger partial charge in [0.1, 0.15) is 0 Å². The van der Waals surface area contributed by atoms with Crippen LogP contribution in [0.1, 0.15) is 24.0 Å². The number of hydrogen-bond acceptors (Lipinski definition) is 3. The third-order valence-electron chi connectivity index (χ3n) is 3.47. The van der Waals surface area contributed by atoms with E-state index in [2.05, 4.69) is 5.32 Å². The number of benzene rings is 1. The van der Waals surface area contributed by atoms with Crippen molar-refractivity contribution in [3.63, 3.8) is 0 Å². The van der Waals surface area contributed by atoms with Crippen molar-refractivity contribution >= 4 is 21.4 Å². The van der Waals surface area contributed by atoms with E-state index in [1.165, 1.54) is 0 Å². The van der Waals surface area contributed by atoms with Gasteiger partial charge >= 0.3 is 0 Å². The zero-order chi connectivity index (χ0) is 14.0. The van der Waals surface area contributed by atoms with Crippen molar-refractivity contribution in [3.05, 3.63) is 29.3 Å². The smallest absolute Gasteiger partial charge is 0.224 e. The van der Waals surface area contributed by atoms with Crippen LogP contribution in [0.25, 0.3) is 0 Å². The average Bonchev–Trinajstić information content (AvgIpc) is 2.63. The highest BCUT2D eigenvalue weighted by Crippen LogP contribution is 2.23. The molecule has 2 rings (SSSR count). The molecule has 0 unspecified atom stereocenters. The fourth-order valence-electron chi connectivity index (χ4n) is 2.37. The summed E-state index contributed by atoms with van der Waals surface area (Å²) in [5.74, 6) is 0.229. The fourth-order valence-corrected chi connectivity index (χ4v) is 4.23. The number of sulfone groups is 1. The minimum Gasteiger partial charge on any atom is -0.326 e. The number of amides is 1. The molecule has 0 spiro atoms. The van der Waals surface area contributed by atoms with Crippen molar-refractivity contribution in [1.82, 2.24) is 0 Å². The Kier molecular flexibility index (Phi) is 3.94. The molecule has 0 aliphatic carbocycles.